The number of nitrogens with zero attached hydrogens (tertiary/aromatic N) is 2. The van der Waals surface area contributed by atoms with Gasteiger partial charge in [0.25, 0.3) is 0 Å². The van der Waals surface area contributed by atoms with E-state index in [0.29, 0.717) is 6.04 Å². The number of rotatable bonds is 8. The number of hydrogen-bond acceptors (Lipinski definition) is 3. The van der Waals surface area contributed by atoms with Gasteiger partial charge in [-0.1, -0.05) is 30.3 Å². The molecule has 2 N–H and O–H groups in total. The molecule has 1 saturated heterocycles. The van der Waals surface area contributed by atoms with Gasteiger partial charge in [0.2, 0.25) is 0 Å². The third-order valence-electron chi connectivity index (χ3n) is 5.04. The Morgan fingerprint density at radius 1 is 1.31 bits per heavy atom. The monoisotopic (exact) mass is 474 g/mol. The molecule has 6 heteroatoms. The highest BCUT2D eigenvalue weighted by Crippen LogP contribution is 2.23. The third-order valence-corrected chi connectivity index (χ3v) is 5.04. The lowest BCUT2D eigenvalue weighted by atomic mass is 10.0. The fourth-order valence-electron chi connectivity index (χ4n) is 3.11. The van der Waals surface area contributed by atoms with E-state index in [9.17, 15) is 0 Å². The van der Waals surface area contributed by atoms with Crippen LogP contribution in [0.2, 0.25) is 0 Å². The van der Waals surface area contributed by atoms with Crippen LogP contribution in [0.5, 0.6) is 0 Å². The standard InChI is InChI=1S/C20H34N4O.HI/c1-17(24(4)15-18-9-6-5-7-10-18)11-13-22-19(21-3)23-16-20(2)12-8-14-25-20;/h5-7,9-10,17H,8,11-16H2,1-4H3,(H2,21,22,23);1H. The summed E-state index contributed by atoms with van der Waals surface area (Å²) < 4.78 is 5.81. The molecule has 1 heterocycles. The first kappa shape index (κ1) is 23.2. The molecule has 0 amide bonds. The summed E-state index contributed by atoms with van der Waals surface area (Å²) in [6.45, 7) is 7.99. The second-order valence-corrected chi connectivity index (χ2v) is 7.29. The molecule has 2 unspecified atom stereocenters. The molecule has 1 aromatic carbocycles. The summed E-state index contributed by atoms with van der Waals surface area (Å²) in [4.78, 5) is 6.70. The number of benzene rings is 1. The van der Waals surface area contributed by atoms with Gasteiger partial charge < -0.3 is 15.4 Å². The molecule has 2 atom stereocenters. The maximum Gasteiger partial charge on any atom is 0.191 e. The Morgan fingerprint density at radius 2 is 2.04 bits per heavy atom. The first-order valence-electron chi connectivity index (χ1n) is 9.35. The van der Waals surface area contributed by atoms with Crippen molar-refractivity contribution in [3.8, 4) is 0 Å². The van der Waals surface area contributed by atoms with Crippen molar-refractivity contribution in [2.75, 3.05) is 33.8 Å². The van der Waals surface area contributed by atoms with Crippen LogP contribution in [-0.4, -0.2) is 56.3 Å². The molecule has 0 aromatic heterocycles. The van der Waals surface area contributed by atoms with E-state index in [1.165, 1.54) is 5.56 Å². The van der Waals surface area contributed by atoms with Crippen molar-refractivity contribution in [1.29, 1.82) is 0 Å². The smallest absolute Gasteiger partial charge is 0.191 e. The average Bonchev–Trinajstić information content (AvgIpc) is 3.05. The Kier molecular flexibility index (Phi) is 10.5. The van der Waals surface area contributed by atoms with Crippen LogP contribution in [-0.2, 0) is 11.3 Å². The molecule has 1 aromatic rings. The van der Waals surface area contributed by atoms with Gasteiger partial charge in [-0.25, -0.2) is 0 Å². The zero-order valence-electron chi connectivity index (χ0n) is 16.6. The van der Waals surface area contributed by atoms with E-state index in [0.717, 1.165) is 51.5 Å². The number of aliphatic imine (C=N–C) groups is 1. The van der Waals surface area contributed by atoms with Crippen molar-refractivity contribution >= 4 is 29.9 Å². The van der Waals surface area contributed by atoms with Crippen LogP contribution in [0.25, 0.3) is 0 Å². The van der Waals surface area contributed by atoms with Crippen LogP contribution in [0, 0.1) is 0 Å². The molecule has 1 aliphatic rings. The second kappa shape index (κ2) is 11.8. The Hall–Kier alpha value is -0.860. The number of ether oxygens (including phenoxy) is 1. The highest BCUT2D eigenvalue weighted by atomic mass is 127. The number of nitrogens with one attached hydrogen (secondary N) is 2. The van der Waals surface area contributed by atoms with Crippen molar-refractivity contribution in [1.82, 2.24) is 15.5 Å². The van der Waals surface area contributed by atoms with Crippen LogP contribution in [0.4, 0.5) is 0 Å². The van der Waals surface area contributed by atoms with E-state index in [2.05, 4.69) is 71.8 Å². The molecule has 148 valence electrons. The molecule has 5 nitrogen and oxygen atoms in total. The lowest BCUT2D eigenvalue weighted by molar-refractivity contribution is 0.0243. The van der Waals surface area contributed by atoms with E-state index >= 15 is 0 Å². The van der Waals surface area contributed by atoms with Gasteiger partial charge in [0, 0.05) is 39.3 Å². The first-order valence-corrected chi connectivity index (χ1v) is 9.35. The number of hydrogen-bond donors (Lipinski definition) is 2. The van der Waals surface area contributed by atoms with E-state index < -0.39 is 0 Å². The zero-order valence-corrected chi connectivity index (χ0v) is 19.0. The lowest BCUT2D eigenvalue weighted by Crippen LogP contribution is -2.46. The quantitative estimate of drug-likeness (QED) is 0.345. The Labute approximate surface area is 176 Å². The maximum absolute atomic E-state index is 5.81. The van der Waals surface area contributed by atoms with Crippen molar-refractivity contribution < 1.29 is 4.74 Å². The van der Waals surface area contributed by atoms with Crippen LogP contribution in [0.1, 0.15) is 38.7 Å². The molecule has 0 aliphatic carbocycles. The minimum Gasteiger partial charge on any atom is -0.373 e. The first-order chi connectivity index (χ1) is 12.0. The number of halogens is 1. The Balaban J connectivity index is 0.00000338. The molecule has 0 bridgehead atoms. The summed E-state index contributed by atoms with van der Waals surface area (Å²) >= 11 is 0. The zero-order chi connectivity index (χ0) is 18.1. The molecule has 2 rings (SSSR count). The predicted molar refractivity (Wildman–Crippen MR) is 120 cm³/mol. The lowest BCUT2D eigenvalue weighted by Gasteiger charge is -2.26. The summed E-state index contributed by atoms with van der Waals surface area (Å²) in [6, 6.07) is 11.1. The third kappa shape index (κ3) is 7.80. The summed E-state index contributed by atoms with van der Waals surface area (Å²) in [5, 5.41) is 6.81. The van der Waals surface area contributed by atoms with Crippen LogP contribution < -0.4 is 10.6 Å². The van der Waals surface area contributed by atoms with E-state index in [4.69, 9.17) is 4.74 Å². The molecule has 1 aliphatic heterocycles. The van der Waals surface area contributed by atoms with E-state index in [1.54, 1.807) is 0 Å². The highest BCUT2D eigenvalue weighted by Gasteiger charge is 2.29. The summed E-state index contributed by atoms with van der Waals surface area (Å²) in [6.07, 6.45) is 3.32. The second-order valence-electron chi connectivity index (χ2n) is 7.29. The van der Waals surface area contributed by atoms with Gasteiger partial charge in [-0.05, 0) is 45.7 Å². The van der Waals surface area contributed by atoms with Crippen molar-refractivity contribution in [3.05, 3.63) is 35.9 Å². The highest BCUT2D eigenvalue weighted by molar-refractivity contribution is 14.0. The predicted octanol–water partition coefficient (Wildman–Crippen LogP) is 3.25. The van der Waals surface area contributed by atoms with Crippen molar-refractivity contribution in [2.45, 2.75) is 51.3 Å². The maximum atomic E-state index is 5.81. The molecule has 0 radical (unpaired) electrons. The fraction of sp³-hybridized carbons (Fsp3) is 0.650. The number of guanidine groups is 1. The van der Waals surface area contributed by atoms with Gasteiger partial charge >= 0.3 is 0 Å². The summed E-state index contributed by atoms with van der Waals surface area (Å²) in [5.41, 5.74) is 1.30. The largest absolute Gasteiger partial charge is 0.373 e. The van der Waals surface area contributed by atoms with Crippen molar-refractivity contribution in [2.24, 2.45) is 4.99 Å². The summed E-state index contributed by atoms with van der Waals surface area (Å²) in [7, 11) is 4.00. The SMILES string of the molecule is CN=C(NCCC(C)N(C)Cc1ccccc1)NCC1(C)CCCO1.I. The molecule has 26 heavy (non-hydrogen) atoms. The van der Waals surface area contributed by atoms with Crippen LogP contribution >= 0.6 is 24.0 Å². The molecular weight excluding hydrogens is 439 g/mol. The minimum absolute atomic E-state index is 0. The van der Waals surface area contributed by atoms with Gasteiger partial charge in [-0.2, -0.15) is 0 Å². The Morgan fingerprint density at radius 3 is 2.65 bits per heavy atom. The topological polar surface area (TPSA) is 48.9 Å². The molecule has 1 fully saturated rings. The van der Waals surface area contributed by atoms with Gasteiger partial charge in [0.1, 0.15) is 0 Å². The molecular formula is C20H35IN4O. The Bertz CT molecular complexity index is 532. The molecule has 0 saturated carbocycles. The van der Waals surface area contributed by atoms with Crippen LogP contribution in [0.15, 0.2) is 35.3 Å². The normalized spacial score (nSPS) is 21.3. The van der Waals surface area contributed by atoms with Gasteiger partial charge in [0.05, 0.1) is 5.60 Å². The minimum atomic E-state index is -0.0547. The fourth-order valence-corrected chi connectivity index (χ4v) is 3.11. The van der Waals surface area contributed by atoms with Crippen molar-refractivity contribution in [3.63, 3.8) is 0 Å². The van der Waals surface area contributed by atoms with Gasteiger partial charge in [0.15, 0.2) is 5.96 Å². The van der Waals surface area contributed by atoms with E-state index in [1.807, 2.05) is 7.05 Å². The summed E-state index contributed by atoms with van der Waals surface area (Å²) in [5.74, 6) is 0.856. The van der Waals surface area contributed by atoms with E-state index in [-0.39, 0.29) is 29.6 Å². The molecule has 0 spiro atoms. The average molecular weight is 474 g/mol. The van der Waals surface area contributed by atoms with Gasteiger partial charge in [-0.15, -0.1) is 24.0 Å². The van der Waals surface area contributed by atoms with Crippen LogP contribution in [0.3, 0.4) is 0 Å². The van der Waals surface area contributed by atoms with Gasteiger partial charge in [-0.3, -0.25) is 9.89 Å².